The quantitative estimate of drug-likeness (QED) is 0.425. The maximum atomic E-state index is 12.3. The fraction of sp³-hybridized carbons (Fsp3) is 0.320. The first-order valence-corrected chi connectivity index (χ1v) is 11.7. The van der Waals surface area contributed by atoms with Crippen molar-refractivity contribution in [3.63, 3.8) is 0 Å². The molecule has 1 amide bonds. The molecule has 0 radical (unpaired) electrons. The van der Waals surface area contributed by atoms with Crippen LogP contribution >= 0.6 is 0 Å². The van der Waals surface area contributed by atoms with Crippen molar-refractivity contribution in [1.82, 2.24) is 24.4 Å². The van der Waals surface area contributed by atoms with E-state index in [4.69, 9.17) is 11.0 Å². The Bertz CT molecular complexity index is 1410. The second kappa shape index (κ2) is 9.10. The van der Waals surface area contributed by atoms with Gasteiger partial charge in [-0.25, -0.2) is 9.50 Å². The Labute approximate surface area is 203 Å². The van der Waals surface area contributed by atoms with Gasteiger partial charge in [-0.05, 0) is 37.5 Å². The Morgan fingerprint density at radius 2 is 2.03 bits per heavy atom. The van der Waals surface area contributed by atoms with Crippen LogP contribution in [-0.4, -0.2) is 49.4 Å². The zero-order valence-electron chi connectivity index (χ0n) is 19.7. The molecule has 5 rings (SSSR count). The number of primary amides is 1. The smallest absolute Gasteiger partial charge is 0.252 e. The molecule has 1 aliphatic heterocycles. The van der Waals surface area contributed by atoms with E-state index in [-0.39, 0.29) is 6.04 Å². The van der Waals surface area contributed by atoms with Gasteiger partial charge in [-0.3, -0.25) is 9.48 Å². The molecule has 0 aromatic carbocycles. The standard InChI is InChI=1S/C25H27N9O/c1-3-17-12-32(23-6-5-16(8-26)9-28-23)15-21(17)31-24-20(25(27)35)11-30-34-14-18(7-22(24)34)19-10-29-33(4-2)13-19/h5-7,9-11,13-14,17,21,31H,3-4,12,15H2,1-2H3,(H2,27,35)/t17-,21-/m1/s1. The SMILES string of the molecule is CC[C@@H]1CN(c2ccc(C#N)cn2)C[C@H]1Nc1c(C(N)=O)cnn2cc(-c3cnn(CC)c3)cc12. The van der Waals surface area contributed by atoms with Crippen LogP contribution in [0.3, 0.4) is 0 Å². The van der Waals surface area contributed by atoms with Crippen molar-refractivity contribution in [3.8, 4) is 17.2 Å². The summed E-state index contributed by atoms with van der Waals surface area (Å²) in [7, 11) is 0. The van der Waals surface area contributed by atoms with Gasteiger partial charge in [0.15, 0.2) is 0 Å². The highest BCUT2D eigenvalue weighted by Crippen LogP contribution is 2.32. The molecule has 1 saturated heterocycles. The largest absolute Gasteiger partial charge is 0.378 e. The van der Waals surface area contributed by atoms with Gasteiger partial charge in [0.1, 0.15) is 11.9 Å². The number of rotatable bonds is 7. The third-order valence-electron chi connectivity index (χ3n) is 6.69. The van der Waals surface area contributed by atoms with Crippen LogP contribution in [0.1, 0.15) is 36.2 Å². The summed E-state index contributed by atoms with van der Waals surface area (Å²) in [5.74, 6) is 0.638. The van der Waals surface area contributed by atoms with E-state index < -0.39 is 5.91 Å². The number of nitrogens with two attached hydrogens (primary N) is 1. The van der Waals surface area contributed by atoms with E-state index in [0.717, 1.165) is 42.0 Å². The van der Waals surface area contributed by atoms with Gasteiger partial charge >= 0.3 is 0 Å². The van der Waals surface area contributed by atoms with Gasteiger partial charge in [-0.2, -0.15) is 15.5 Å². The highest BCUT2D eigenvalue weighted by Gasteiger charge is 2.33. The Morgan fingerprint density at radius 3 is 2.69 bits per heavy atom. The van der Waals surface area contributed by atoms with Crippen molar-refractivity contribution in [2.75, 3.05) is 23.3 Å². The zero-order valence-corrected chi connectivity index (χ0v) is 19.7. The highest BCUT2D eigenvalue weighted by molar-refractivity contribution is 6.02. The van der Waals surface area contributed by atoms with Gasteiger partial charge in [0.2, 0.25) is 0 Å². The number of carbonyl (C=O) groups is 1. The van der Waals surface area contributed by atoms with Crippen LogP contribution < -0.4 is 16.0 Å². The van der Waals surface area contributed by atoms with Crippen LogP contribution in [0, 0.1) is 17.2 Å². The minimum absolute atomic E-state index is 0.0722. The predicted octanol–water partition coefficient (Wildman–Crippen LogP) is 2.91. The first-order valence-electron chi connectivity index (χ1n) is 11.7. The number of hydrogen-bond acceptors (Lipinski definition) is 7. The molecule has 35 heavy (non-hydrogen) atoms. The predicted molar refractivity (Wildman–Crippen MR) is 133 cm³/mol. The molecule has 4 aromatic heterocycles. The molecular weight excluding hydrogens is 442 g/mol. The van der Waals surface area contributed by atoms with Crippen molar-refractivity contribution in [1.29, 1.82) is 5.26 Å². The number of amides is 1. The Morgan fingerprint density at radius 1 is 1.17 bits per heavy atom. The summed E-state index contributed by atoms with van der Waals surface area (Å²) in [5.41, 5.74) is 10.0. The molecule has 10 nitrogen and oxygen atoms in total. The van der Waals surface area contributed by atoms with E-state index in [1.807, 2.05) is 42.3 Å². The van der Waals surface area contributed by atoms with E-state index in [0.29, 0.717) is 29.3 Å². The molecule has 0 bridgehead atoms. The lowest BCUT2D eigenvalue weighted by molar-refractivity contribution is 0.100. The molecule has 0 saturated carbocycles. The molecule has 0 spiro atoms. The van der Waals surface area contributed by atoms with Gasteiger partial charge in [0.25, 0.3) is 5.91 Å². The van der Waals surface area contributed by atoms with Crippen LogP contribution in [0.15, 0.2) is 49.2 Å². The summed E-state index contributed by atoms with van der Waals surface area (Å²) in [6.45, 7) is 6.52. The summed E-state index contributed by atoms with van der Waals surface area (Å²) >= 11 is 0. The summed E-state index contributed by atoms with van der Waals surface area (Å²) in [4.78, 5) is 19.0. The van der Waals surface area contributed by atoms with E-state index in [9.17, 15) is 4.79 Å². The fourth-order valence-electron chi connectivity index (χ4n) is 4.70. The van der Waals surface area contributed by atoms with E-state index in [1.165, 1.54) is 6.20 Å². The highest BCUT2D eigenvalue weighted by atomic mass is 16.1. The zero-order chi connectivity index (χ0) is 24.5. The molecule has 178 valence electrons. The lowest BCUT2D eigenvalue weighted by Crippen LogP contribution is -2.30. The third-order valence-corrected chi connectivity index (χ3v) is 6.69. The Balaban J connectivity index is 1.49. The lowest BCUT2D eigenvalue weighted by atomic mass is 10.00. The van der Waals surface area contributed by atoms with Crippen LogP contribution in [-0.2, 0) is 6.54 Å². The number of fused-ring (bicyclic) bond motifs is 1. The molecule has 10 heteroatoms. The molecule has 4 aromatic rings. The first-order chi connectivity index (χ1) is 17.0. The Kier molecular flexibility index (Phi) is 5.82. The van der Waals surface area contributed by atoms with Crippen molar-refractivity contribution in [3.05, 3.63) is 60.3 Å². The van der Waals surface area contributed by atoms with Crippen molar-refractivity contribution in [2.24, 2.45) is 11.7 Å². The van der Waals surface area contributed by atoms with E-state index in [2.05, 4.69) is 38.4 Å². The minimum Gasteiger partial charge on any atom is -0.378 e. The fourth-order valence-corrected chi connectivity index (χ4v) is 4.70. The molecule has 1 aliphatic rings. The van der Waals surface area contributed by atoms with Crippen molar-refractivity contribution in [2.45, 2.75) is 32.9 Å². The molecule has 1 fully saturated rings. The molecule has 0 unspecified atom stereocenters. The van der Waals surface area contributed by atoms with Crippen LogP contribution in [0.4, 0.5) is 11.5 Å². The molecule has 2 atom stereocenters. The number of pyridine rings is 1. The molecular formula is C25H27N9O. The summed E-state index contributed by atoms with van der Waals surface area (Å²) in [5, 5.41) is 21.5. The summed E-state index contributed by atoms with van der Waals surface area (Å²) < 4.78 is 3.64. The second-order valence-electron chi connectivity index (χ2n) is 8.78. The van der Waals surface area contributed by atoms with Gasteiger partial charge in [-0.15, -0.1) is 0 Å². The topological polar surface area (TPSA) is 130 Å². The number of anilines is 2. The molecule has 3 N–H and O–H groups in total. The van der Waals surface area contributed by atoms with Crippen molar-refractivity contribution >= 4 is 22.9 Å². The Hall–Kier alpha value is -4.39. The van der Waals surface area contributed by atoms with Gasteiger partial charge in [0.05, 0.1) is 34.7 Å². The van der Waals surface area contributed by atoms with Gasteiger partial charge < -0.3 is 16.0 Å². The van der Waals surface area contributed by atoms with Gasteiger partial charge in [-0.1, -0.05) is 6.92 Å². The first kappa shape index (κ1) is 22.4. The maximum absolute atomic E-state index is 12.3. The average Bonchev–Trinajstić information content (AvgIpc) is 3.61. The monoisotopic (exact) mass is 469 g/mol. The number of aryl methyl sites for hydroxylation is 1. The van der Waals surface area contributed by atoms with Crippen LogP contribution in [0.5, 0.6) is 0 Å². The number of nitrogens with one attached hydrogen (secondary N) is 1. The molecule has 0 aliphatic carbocycles. The summed E-state index contributed by atoms with van der Waals surface area (Å²) in [6, 6.07) is 7.85. The third kappa shape index (κ3) is 4.17. The average molecular weight is 470 g/mol. The van der Waals surface area contributed by atoms with Crippen molar-refractivity contribution < 1.29 is 4.79 Å². The molecule has 5 heterocycles. The van der Waals surface area contributed by atoms with Crippen LogP contribution in [0.2, 0.25) is 0 Å². The summed E-state index contributed by atoms with van der Waals surface area (Å²) in [6.07, 6.45) is 9.82. The number of carbonyl (C=O) groups excluding carboxylic acids is 1. The number of hydrogen-bond donors (Lipinski definition) is 2. The maximum Gasteiger partial charge on any atom is 0.252 e. The second-order valence-corrected chi connectivity index (χ2v) is 8.78. The minimum atomic E-state index is -0.527. The van der Waals surface area contributed by atoms with Crippen LogP contribution in [0.25, 0.3) is 16.6 Å². The normalized spacial score (nSPS) is 17.6. The van der Waals surface area contributed by atoms with E-state index in [1.54, 1.807) is 16.8 Å². The number of aromatic nitrogens is 5. The van der Waals surface area contributed by atoms with Gasteiger partial charge in [0, 0.05) is 55.4 Å². The number of nitrogens with zero attached hydrogens (tertiary/aromatic N) is 7. The van der Waals surface area contributed by atoms with E-state index >= 15 is 0 Å². The lowest BCUT2D eigenvalue weighted by Gasteiger charge is -2.21. The number of nitriles is 1.